The van der Waals surface area contributed by atoms with Gasteiger partial charge in [0.05, 0.1) is 12.6 Å². The highest BCUT2D eigenvalue weighted by atomic mass is 19.1. The number of carbonyl (C=O) groups excluding carboxylic acids is 1. The Balaban J connectivity index is 0.000000231. The second kappa shape index (κ2) is 9.51. The van der Waals surface area contributed by atoms with Gasteiger partial charge in [-0.25, -0.2) is 13.6 Å². The van der Waals surface area contributed by atoms with Gasteiger partial charge in [-0.3, -0.25) is 9.59 Å². The van der Waals surface area contributed by atoms with Crippen molar-refractivity contribution in [3.8, 4) is 5.75 Å². The molecule has 2 aliphatic heterocycles. The van der Waals surface area contributed by atoms with Gasteiger partial charge in [0, 0.05) is 36.8 Å². The number of hydrogen-bond acceptors (Lipinski definition) is 6. The average Bonchev–Trinajstić information content (AvgIpc) is 2.80. The topological polar surface area (TPSA) is 135 Å². The smallest absolute Gasteiger partial charge is 0.341 e. The van der Waals surface area contributed by atoms with E-state index < -0.39 is 46.5 Å². The van der Waals surface area contributed by atoms with Crippen LogP contribution in [0.2, 0.25) is 0 Å². The summed E-state index contributed by atoms with van der Waals surface area (Å²) in [6.07, 6.45) is 4.92. The molecular formula is C23H25F2N3O6. The Morgan fingerprint density at radius 2 is 1.91 bits per heavy atom. The second-order valence-corrected chi connectivity index (χ2v) is 8.60. The predicted octanol–water partition coefficient (Wildman–Crippen LogP) is 2.05. The van der Waals surface area contributed by atoms with E-state index in [4.69, 9.17) is 15.6 Å². The first-order valence-corrected chi connectivity index (χ1v) is 11.0. The Bertz CT molecular complexity index is 1180. The van der Waals surface area contributed by atoms with Gasteiger partial charge in [0.1, 0.15) is 17.2 Å². The number of carboxylic acid groups (broad SMARTS) is 1. The molecule has 1 aromatic heterocycles. The van der Waals surface area contributed by atoms with Crippen molar-refractivity contribution in [2.75, 3.05) is 6.54 Å². The molecule has 3 heterocycles. The summed E-state index contributed by atoms with van der Waals surface area (Å²) in [5.74, 6) is -3.60. The molecule has 4 N–H and O–H groups in total. The van der Waals surface area contributed by atoms with Gasteiger partial charge in [-0.05, 0) is 18.9 Å². The number of hydrogen-bond donors (Lipinski definition) is 3. The first-order valence-electron chi connectivity index (χ1n) is 11.0. The van der Waals surface area contributed by atoms with E-state index in [0.717, 1.165) is 37.9 Å². The van der Waals surface area contributed by atoms with E-state index in [1.54, 1.807) is 4.90 Å². The molecule has 1 saturated carbocycles. The van der Waals surface area contributed by atoms with Crippen LogP contribution >= 0.6 is 0 Å². The van der Waals surface area contributed by atoms with Crippen LogP contribution in [0.5, 0.6) is 5.75 Å². The van der Waals surface area contributed by atoms with E-state index in [0.29, 0.717) is 12.1 Å². The molecule has 3 aliphatic rings. The largest absolute Gasteiger partial charge is 0.503 e. The van der Waals surface area contributed by atoms with Crippen molar-refractivity contribution in [1.29, 1.82) is 0 Å². The van der Waals surface area contributed by atoms with Crippen molar-refractivity contribution >= 4 is 11.9 Å². The molecule has 1 aromatic carbocycles. The second-order valence-electron chi connectivity index (χ2n) is 8.60. The minimum Gasteiger partial charge on any atom is -0.503 e. The number of fused-ring (bicyclic) bond motifs is 3. The van der Waals surface area contributed by atoms with E-state index in [-0.39, 0.29) is 30.8 Å². The quantitative estimate of drug-likeness (QED) is 0.602. The van der Waals surface area contributed by atoms with Crippen LogP contribution in [-0.4, -0.2) is 50.4 Å². The maximum absolute atomic E-state index is 12.8. The van der Waals surface area contributed by atoms with Crippen LogP contribution in [0, 0.1) is 17.6 Å². The van der Waals surface area contributed by atoms with Gasteiger partial charge in [0.25, 0.3) is 5.91 Å². The van der Waals surface area contributed by atoms with Crippen LogP contribution in [0.1, 0.15) is 52.1 Å². The normalized spacial score (nSPS) is 23.2. The van der Waals surface area contributed by atoms with Crippen LogP contribution in [0.3, 0.4) is 0 Å². The van der Waals surface area contributed by atoms with E-state index in [2.05, 4.69) is 0 Å². The molecule has 0 bridgehead atoms. The van der Waals surface area contributed by atoms with Crippen molar-refractivity contribution < 1.29 is 33.3 Å². The van der Waals surface area contributed by atoms with Gasteiger partial charge in [0.2, 0.25) is 5.43 Å². The molecule has 3 atom stereocenters. The monoisotopic (exact) mass is 477 g/mol. The number of aromatic hydroxyl groups is 1. The SMILES string of the molecule is NCc1ccc(F)cc1F.O=C(O)c1cn2c(c(O)c1=O)C(=O)N1C[C@H]3CCCC[C@@H]3O[C@@H]1C2. The molecule has 2 fully saturated rings. The Labute approximate surface area is 193 Å². The van der Waals surface area contributed by atoms with Crippen LogP contribution in [0.4, 0.5) is 8.78 Å². The van der Waals surface area contributed by atoms with Gasteiger partial charge < -0.3 is 30.2 Å². The number of aromatic carboxylic acids is 1. The maximum Gasteiger partial charge on any atom is 0.341 e. The van der Waals surface area contributed by atoms with Crippen molar-refractivity contribution in [2.45, 2.75) is 51.1 Å². The van der Waals surface area contributed by atoms with Crippen molar-refractivity contribution in [1.82, 2.24) is 9.47 Å². The van der Waals surface area contributed by atoms with Crippen molar-refractivity contribution in [3.05, 3.63) is 63.1 Å². The number of halogens is 2. The van der Waals surface area contributed by atoms with Crippen LogP contribution in [-0.2, 0) is 17.8 Å². The molecule has 0 radical (unpaired) electrons. The van der Waals surface area contributed by atoms with Crippen molar-refractivity contribution in [3.63, 3.8) is 0 Å². The minimum absolute atomic E-state index is 0.103. The minimum atomic E-state index is -1.43. The molecule has 9 nitrogen and oxygen atoms in total. The van der Waals surface area contributed by atoms with E-state index in [9.17, 15) is 28.3 Å². The number of nitrogens with two attached hydrogens (primary N) is 1. The third-order valence-electron chi connectivity index (χ3n) is 6.49. The molecule has 0 spiro atoms. The van der Waals surface area contributed by atoms with Gasteiger partial charge in [-0.15, -0.1) is 0 Å². The predicted molar refractivity (Wildman–Crippen MR) is 115 cm³/mol. The summed E-state index contributed by atoms with van der Waals surface area (Å²) in [5.41, 5.74) is 3.73. The lowest BCUT2D eigenvalue weighted by Crippen LogP contribution is -2.59. The Hall–Kier alpha value is -3.31. The maximum atomic E-state index is 12.8. The zero-order valence-electron chi connectivity index (χ0n) is 18.2. The lowest BCUT2D eigenvalue weighted by atomic mass is 9.84. The zero-order valence-corrected chi connectivity index (χ0v) is 18.2. The van der Waals surface area contributed by atoms with E-state index in [1.807, 2.05) is 0 Å². The molecule has 1 aliphatic carbocycles. The number of aromatic nitrogens is 1. The molecule has 1 saturated heterocycles. The molecule has 34 heavy (non-hydrogen) atoms. The summed E-state index contributed by atoms with van der Waals surface area (Å²) in [6.45, 7) is 0.854. The fourth-order valence-electron chi connectivity index (χ4n) is 4.72. The lowest BCUT2D eigenvalue weighted by Gasteiger charge is -2.48. The fourth-order valence-corrected chi connectivity index (χ4v) is 4.72. The average molecular weight is 477 g/mol. The van der Waals surface area contributed by atoms with Gasteiger partial charge in [0.15, 0.2) is 17.7 Å². The standard InChI is InChI=1S/C16H18N2O6.C7H7F2N/c19-13-9(16(22)23)6-17-7-11-18(15(21)12(17)14(13)20)5-8-3-1-2-4-10(8)24-11;8-6-2-1-5(4-10)7(9)3-6/h6,8,10-11,20H,1-5,7H2,(H,22,23);1-3H,4,10H2/t8-,10+,11-;/m1./s1. The van der Waals surface area contributed by atoms with E-state index in [1.165, 1.54) is 16.7 Å². The number of ether oxygens (including phenoxy) is 1. The number of pyridine rings is 1. The van der Waals surface area contributed by atoms with Gasteiger partial charge in [-0.2, -0.15) is 0 Å². The molecule has 5 rings (SSSR count). The van der Waals surface area contributed by atoms with Crippen molar-refractivity contribution in [2.24, 2.45) is 11.7 Å². The number of rotatable bonds is 2. The Kier molecular flexibility index (Phi) is 6.67. The number of nitrogens with zero attached hydrogens (tertiary/aromatic N) is 2. The summed E-state index contributed by atoms with van der Waals surface area (Å²) in [4.78, 5) is 37.4. The Morgan fingerprint density at radius 1 is 1.18 bits per heavy atom. The first kappa shape index (κ1) is 23.8. The first-order chi connectivity index (χ1) is 16.2. The summed E-state index contributed by atoms with van der Waals surface area (Å²) in [5, 5.41) is 19.2. The molecular weight excluding hydrogens is 452 g/mol. The summed E-state index contributed by atoms with van der Waals surface area (Å²) in [6, 6.07) is 3.35. The molecule has 182 valence electrons. The summed E-state index contributed by atoms with van der Waals surface area (Å²) < 4.78 is 32.1. The van der Waals surface area contributed by atoms with Crippen LogP contribution in [0.15, 0.2) is 29.2 Å². The molecule has 0 unspecified atom stereocenters. The van der Waals surface area contributed by atoms with Gasteiger partial charge >= 0.3 is 5.97 Å². The number of amides is 1. The fraction of sp³-hybridized carbons (Fsp3) is 0.435. The third-order valence-corrected chi connectivity index (χ3v) is 6.49. The number of benzene rings is 1. The highest BCUT2D eigenvalue weighted by Crippen LogP contribution is 2.36. The van der Waals surface area contributed by atoms with Crippen LogP contribution in [0.25, 0.3) is 0 Å². The third kappa shape index (κ3) is 4.40. The van der Waals surface area contributed by atoms with Crippen LogP contribution < -0.4 is 11.2 Å². The molecule has 2 aromatic rings. The highest BCUT2D eigenvalue weighted by molar-refractivity contribution is 5.97. The lowest BCUT2D eigenvalue weighted by molar-refractivity contribution is -0.169. The summed E-state index contributed by atoms with van der Waals surface area (Å²) in [7, 11) is 0. The Morgan fingerprint density at radius 3 is 2.59 bits per heavy atom. The van der Waals surface area contributed by atoms with Gasteiger partial charge in [-0.1, -0.05) is 18.9 Å². The highest BCUT2D eigenvalue weighted by Gasteiger charge is 2.44. The zero-order chi connectivity index (χ0) is 24.6. The summed E-state index contributed by atoms with van der Waals surface area (Å²) >= 11 is 0. The molecule has 11 heteroatoms. The molecule has 1 amide bonds. The number of carbonyl (C=O) groups is 2. The number of carboxylic acids is 1. The van der Waals surface area contributed by atoms with E-state index >= 15 is 0 Å².